The van der Waals surface area contributed by atoms with Crippen molar-refractivity contribution < 1.29 is 22.8 Å². The fraction of sp³-hybridized carbons (Fsp3) is 0.200. The number of anilines is 1. The number of likely N-dealkylation sites (N-methyl/N-ethyl adjacent to an activating group) is 1. The lowest BCUT2D eigenvalue weighted by molar-refractivity contribution is -0.130. The Morgan fingerprint density at radius 3 is 2.14 bits per heavy atom. The van der Waals surface area contributed by atoms with E-state index in [4.69, 9.17) is 23.2 Å². The zero-order chi connectivity index (χ0) is 21.6. The fourth-order valence-electron chi connectivity index (χ4n) is 2.48. The van der Waals surface area contributed by atoms with Crippen molar-refractivity contribution in [2.75, 3.05) is 18.4 Å². The first-order valence-electron chi connectivity index (χ1n) is 8.50. The van der Waals surface area contributed by atoms with Crippen molar-refractivity contribution in [2.45, 2.75) is 13.1 Å². The molecule has 0 radical (unpaired) electrons. The van der Waals surface area contributed by atoms with Gasteiger partial charge in [0.15, 0.2) is 0 Å². The molecule has 0 aromatic heterocycles. The van der Waals surface area contributed by atoms with Crippen LogP contribution in [-0.4, -0.2) is 36.0 Å². The summed E-state index contributed by atoms with van der Waals surface area (Å²) >= 11 is 12.0. The van der Waals surface area contributed by atoms with Crippen molar-refractivity contribution in [1.82, 2.24) is 4.90 Å². The van der Waals surface area contributed by atoms with Crippen LogP contribution in [0.25, 0.3) is 5.57 Å². The Bertz CT molecular complexity index is 895. The van der Waals surface area contributed by atoms with Crippen LogP contribution in [0, 0.1) is 0 Å². The number of carbonyl (C=O) groups excluding carboxylic acids is 2. The zero-order valence-electron chi connectivity index (χ0n) is 15.3. The molecule has 0 fully saturated rings. The van der Waals surface area contributed by atoms with Crippen LogP contribution in [0.5, 0.6) is 0 Å². The molecule has 29 heavy (non-hydrogen) atoms. The topological polar surface area (TPSA) is 49.4 Å². The van der Waals surface area contributed by atoms with Gasteiger partial charge in [-0.3, -0.25) is 9.59 Å². The minimum absolute atomic E-state index is 0.0267. The quantitative estimate of drug-likeness (QED) is 0.604. The molecular formula is C20H17Cl2F3N2O2. The largest absolute Gasteiger partial charge is 0.417 e. The third kappa shape index (κ3) is 6.24. The van der Waals surface area contributed by atoms with Gasteiger partial charge < -0.3 is 10.2 Å². The van der Waals surface area contributed by atoms with Crippen LogP contribution >= 0.6 is 23.2 Å². The molecule has 0 heterocycles. The van der Waals surface area contributed by atoms with E-state index in [0.717, 1.165) is 4.90 Å². The van der Waals surface area contributed by atoms with Crippen molar-refractivity contribution in [3.63, 3.8) is 0 Å². The summed E-state index contributed by atoms with van der Waals surface area (Å²) in [6.07, 6.45) is -4.24. The lowest BCUT2D eigenvalue weighted by Crippen LogP contribution is -2.37. The van der Waals surface area contributed by atoms with Gasteiger partial charge in [-0.05, 0) is 24.6 Å². The second kappa shape index (κ2) is 9.80. The van der Waals surface area contributed by atoms with E-state index in [1.807, 2.05) is 0 Å². The molecular weight excluding hydrogens is 428 g/mol. The Kier molecular flexibility index (Phi) is 7.70. The molecule has 0 saturated carbocycles. The number of benzene rings is 2. The van der Waals surface area contributed by atoms with Crippen LogP contribution in [0.2, 0.25) is 10.0 Å². The number of halogens is 5. The molecule has 2 aromatic rings. The van der Waals surface area contributed by atoms with E-state index < -0.39 is 30.1 Å². The summed E-state index contributed by atoms with van der Waals surface area (Å²) in [7, 11) is 0. The highest BCUT2D eigenvalue weighted by Crippen LogP contribution is 2.34. The fourth-order valence-corrected chi connectivity index (χ4v) is 2.97. The molecule has 154 valence electrons. The Morgan fingerprint density at radius 1 is 1.03 bits per heavy atom. The number of carbonyl (C=O) groups is 2. The van der Waals surface area contributed by atoms with Crippen molar-refractivity contribution in [2.24, 2.45) is 0 Å². The van der Waals surface area contributed by atoms with E-state index in [1.54, 1.807) is 19.1 Å². The number of nitrogens with zero attached hydrogens (tertiary/aromatic N) is 1. The van der Waals surface area contributed by atoms with E-state index in [-0.39, 0.29) is 27.8 Å². The maximum absolute atomic E-state index is 13.4. The Morgan fingerprint density at radius 2 is 1.62 bits per heavy atom. The molecule has 2 amide bonds. The van der Waals surface area contributed by atoms with E-state index >= 15 is 0 Å². The van der Waals surface area contributed by atoms with Crippen LogP contribution in [0.3, 0.4) is 0 Å². The molecule has 0 unspecified atom stereocenters. The van der Waals surface area contributed by atoms with Gasteiger partial charge in [0.05, 0.1) is 21.3 Å². The molecule has 0 aliphatic heterocycles. The van der Waals surface area contributed by atoms with Gasteiger partial charge in [-0.1, -0.05) is 59.6 Å². The number of para-hydroxylation sites is 1. The highest BCUT2D eigenvalue weighted by molar-refractivity contribution is 6.39. The maximum Gasteiger partial charge on any atom is 0.417 e. The number of nitrogens with one attached hydrogen (secondary N) is 1. The smallest absolute Gasteiger partial charge is 0.330 e. The van der Waals surface area contributed by atoms with Crippen molar-refractivity contribution in [3.05, 3.63) is 70.2 Å². The average molecular weight is 445 g/mol. The van der Waals surface area contributed by atoms with Gasteiger partial charge in [0.2, 0.25) is 11.8 Å². The van der Waals surface area contributed by atoms with E-state index in [1.165, 1.54) is 36.4 Å². The third-order valence-corrected chi connectivity index (χ3v) is 4.54. The third-order valence-electron chi connectivity index (χ3n) is 3.91. The predicted octanol–water partition coefficient (Wildman–Crippen LogP) is 5.43. The van der Waals surface area contributed by atoms with Gasteiger partial charge in [0.1, 0.15) is 6.54 Å². The van der Waals surface area contributed by atoms with Crippen molar-refractivity contribution in [3.8, 4) is 0 Å². The van der Waals surface area contributed by atoms with Crippen LogP contribution in [0.4, 0.5) is 18.9 Å². The lowest BCUT2D eigenvalue weighted by Gasteiger charge is -2.20. The van der Waals surface area contributed by atoms with Crippen molar-refractivity contribution in [1.29, 1.82) is 0 Å². The van der Waals surface area contributed by atoms with Crippen LogP contribution in [-0.2, 0) is 9.59 Å². The molecule has 0 spiro atoms. The minimum atomic E-state index is -4.73. The van der Waals surface area contributed by atoms with Gasteiger partial charge in [-0.25, -0.2) is 0 Å². The summed E-state index contributed by atoms with van der Waals surface area (Å²) in [5.41, 5.74) is -1.06. The van der Waals surface area contributed by atoms with E-state index in [2.05, 4.69) is 5.32 Å². The number of hydrogen-bond acceptors (Lipinski definition) is 2. The van der Waals surface area contributed by atoms with E-state index in [0.29, 0.717) is 6.08 Å². The summed E-state index contributed by atoms with van der Waals surface area (Å²) in [5.74, 6) is -1.58. The number of allylic oxidation sites excluding steroid dienone is 1. The second-order valence-electron chi connectivity index (χ2n) is 5.92. The highest BCUT2D eigenvalue weighted by atomic mass is 35.5. The van der Waals surface area contributed by atoms with E-state index in [9.17, 15) is 22.8 Å². The van der Waals surface area contributed by atoms with Gasteiger partial charge in [-0.15, -0.1) is 0 Å². The molecule has 2 aromatic carbocycles. The Labute approximate surface area is 175 Å². The summed E-state index contributed by atoms with van der Waals surface area (Å²) < 4.78 is 40.3. The Balaban J connectivity index is 2.20. The molecule has 0 aliphatic carbocycles. The number of rotatable bonds is 6. The summed E-state index contributed by atoms with van der Waals surface area (Å²) in [6.45, 7) is 1.11. The molecule has 1 N–H and O–H groups in total. The van der Waals surface area contributed by atoms with Crippen molar-refractivity contribution >= 4 is 46.3 Å². The van der Waals surface area contributed by atoms with Crippen LogP contribution in [0.1, 0.15) is 12.5 Å². The first kappa shape index (κ1) is 22.8. The zero-order valence-corrected chi connectivity index (χ0v) is 16.8. The summed E-state index contributed by atoms with van der Waals surface area (Å²) in [5, 5.41) is 2.87. The van der Waals surface area contributed by atoms with Gasteiger partial charge in [0.25, 0.3) is 0 Å². The molecule has 0 aliphatic rings. The average Bonchev–Trinajstić information content (AvgIpc) is 2.66. The maximum atomic E-state index is 13.4. The molecule has 9 heteroatoms. The summed E-state index contributed by atoms with van der Waals surface area (Å²) in [6, 6.07) is 11.6. The normalized spacial score (nSPS) is 11.9. The first-order valence-corrected chi connectivity index (χ1v) is 9.26. The van der Waals surface area contributed by atoms with Crippen LogP contribution < -0.4 is 5.32 Å². The molecule has 0 bridgehead atoms. The monoisotopic (exact) mass is 444 g/mol. The molecule has 2 rings (SSSR count). The molecule has 4 nitrogen and oxygen atoms in total. The summed E-state index contributed by atoms with van der Waals surface area (Å²) in [4.78, 5) is 25.7. The van der Waals surface area contributed by atoms with Gasteiger partial charge in [-0.2, -0.15) is 13.2 Å². The second-order valence-corrected chi connectivity index (χ2v) is 6.73. The number of alkyl halides is 3. The Hall–Kier alpha value is -2.51. The SMILES string of the molecule is CCN(CC(=O)Nc1c(Cl)cccc1Cl)C(=O)/C=C(/c1ccccc1)C(F)(F)F. The van der Waals surface area contributed by atoms with Gasteiger partial charge in [0, 0.05) is 12.6 Å². The highest BCUT2D eigenvalue weighted by Gasteiger charge is 2.35. The number of hydrogen-bond donors (Lipinski definition) is 1. The molecule has 0 atom stereocenters. The minimum Gasteiger partial charge on any atom is -0.330 e. The van der Waals surface area contributed by atoms with Gasteiger partial charge >= 0.3 is 6.18 Å². The molecule has 0 saturated heterocycles. The lowest BCUT2D eigenvalue weighted by atomic mass is 10.0. The predicted molar refractivity (Wildman–Crippen MR) is 108 cm³/mol. The van der Waals surface area contributed by atoms with Crippen LogP contribution in [0.15, 0.2) is 54.6 Å². The standard InChI is InChI=1S/C20H17Cl2F3N2O2/c1-2-27(12-17(28)26-19-15(21)9-6-10-16(19)22)18(29)11-14(20(23,24)25)13-7-4-3-5-8-13/h3-11H,2,12H2,1H3,(H,26,28)/b14-11-. The number of amides is 2. The first-order chi connectivity index (χ1) is 13.6.